The first-order valence-corrected chi connectivity index (χ1v) is 11.1. The fraction of sp³-hybridized carbons (Fsp3) is 0.480. The van der Waals surface area contributed by atoms with Crippen molar-refractivity contribution < 1.29 is 33.6 Å². The lowest BCUT2D eigenvalue weighted by Crippen LogP contribution is -2.52. The van der Waals surface area contributed by atoms with Crippen molar-refractivity contribution in [2.24, 2.45) is 0 Å². The van der Waals surface area contributed by atoms with Gasteiger partial charge in [-0.3, -0.25) is 4.90 Å². The van der Waals surface area contributed by atoms with Gasteiger partial charge in [0.1, 0.15) is 28.7 Å². The second-order valence-electron chi connectivity index (χ2n) is 9.32. The molecule has 184 valence electrons. The molecular formula is C25H32N2O7. The number of aliphatic carboxylic acids is 1. The van der Waals surface area contributed by atoms with Gasteiger partial charge in [0.15, 0.2) is 0 Å². The normalized spacial score (nSPS) is 20.2. The van der Waals surface area contributed by atoms with Crippen LogP contribution >= 0.6 is 0 Å². The number of ether oxygens (including phenoxy) is 4. The van der Waals surface area contributed by atoms with Crippen molar-refractivity contribution in [3.63, 3.8) is 0 Å². The maximum Gasteiger partial charge on any atom is 0.411 e. The van der Waals surface area contributed by atoms with E-state index in [9.17, 15) is 14.7 Å². The Hall–Kier alpha value is -3.49. The van der Waals surface area contributed by atoms with Gasteiger partial charge in [-0.25, -0.2) is 14.6 Å². The minimum atomic E-state index is -1.48. The first-order chi connectivity index (χ1) is 15.9. The van der Waals surface area contributed by atoms with Crippen LogP contribution in [-0.4, -0.2) is 64.6 Å². The Kier molecular flexibility index (Phi) is 6.95. The highest BCUT2D eigenvalue weighted by molar-refractivity contribution is 5.90. The second kappa shape index (κ2) is 9.40. The lowest BCUT2D eigenvalue weighted by atomic mass is 9.98. The van der Waals surface area contributed by atoms with Crippen molar-refractivity contribution >= 4 is 29.0 Å². The minimum Gasteiger partial charge on any atom is -0.496 e. The van der Waals surface area contributed by atoms with Crippen LogP contribution in [0.25, 0.3) is 17.0 Å². The molecule has 1 saturated heterocycles. The molecule has 1 fully saturated rings. The van der Waals surface area contributed by atoms with Gasteiger partial charge < -0.3 is 24.1 Å². The molecule has 0 bridgehead atoms. The summed E-state index contributed by atoms with van der Waals surface area (Å²) in [6.07, 6.45) is 0.458. The molecule has 0 unspecified atom stereocenters. The molecule has 0 spiro atoms. The largest absolute Gasteiger partial charge is 0.496 e. The number of benzene rings is 1. The highest BCUT2D eigenvalue weighted by Crippen LogP contribution is 2.38. The maximum absolute atomic E-state index is 12.8. The number of aromatic nitrogens is 1. The predicted molar refractivity (Wildman–Crippen MR) is 128 cm³/mol. The van der Waals surface area contributed by atoms with Gasteiger partial charge in [0.05, 0.1) is 25.8 Å². The van der Waals surface area contributed by atoms with Crippen molar-refractivity contribution in [3.8, 4) is 17.4 Å². The summed E-state index contributed by atoms with van der Waals surface area (Å²) < 4.78 is 22.8. The van der Waals surface area contributed by atoms with Crippen molar-refractivity contribution in [2.45, 2.75) is 58.3 Å². The Labute approximate surface area is 199 Å². The number of hydrogen-bond acceptors (Lipinski definition) is 7. The average Bonchev–Trinajstić information content (AvgIpc) is 3.09. The first-order valence-electron chi connectivity index (χ1n) is 11.1. The Morgan fingerprint density at radius 3 is 2.56 bits per heavy atom. The van der Waals surface area contributed by atoms with Crippen LogP contribution in [0.4, 0.5) is 4.79 Å². The molecule has 1 aromatic carbocycles. The number of likely N-dealkylation sites (tertiary alicyclic amines) is 1. The van der Waals surface area contributed by atoms with E-state index in [0.29, 0.717) is 34.9 Å². The maximum atomic E-state index is 12.8. The number of pyridine rings is 1. The number of nitrogens with zero attached hydrogens (tertiary/aromatic N) is 2. The Morgan fingerprint density at radius 1 is 1.29 bits per heavy atom. The summed E-state index contributed by atoms with van der Waals surface area (Å²) in [7, 11) is 1.56. The summed E-state index contributed by atoms with van der Waals surface area (Å²) in [6.45, 7) is 12.8. The molecule has 9 nitrogen and oxygen atoms in total. The lowest BCUT2D eigenvalue weighted by molar-refractivity contribution is -0.148. The molecule has 1 aliphatic heterocycles. The third-order valence-electron chi connectivity index (χ3n) is 5.59. The van der Waals surface area contributed by atoms with Gasteiger partial charge in [-0.1, -0.05) is 12.7 Å². The van der Waals surface area contributed by atoms with Crippen LogP contribution in [0.2, 0.25) is 0 Å². The number of carboxylic acid groups (broad SMARTS) is 1. The number of rotatable bonds is 7. The predicted octanol–water partition coefficient (Wildman–Crippen LogP) is 4.52. The van der Waals surface area contributed by atoms with Crippen molar-refractivity contribution in [2.75, 3.05) is 20.3 Å². The fourth-order valence-electron chi connectivity index (χ4n) is 3.95. The summed E-state index contributed by atoms with van der Waals surface area (Å²) in [6, 6.07) is 5.28. The zero-order valence-electron chi connectivity index (χ0n) is 20.5. The van der Waals surface area contributed by atoms with Crippen LogP contribution in [0.15, 0.2) is 24.8 Å². The van der Waals surface area contributed by atoms with Gasteiger partial charge in [0, 0.05) is 29.5 Å². The monoisotopic (exact) mass is 472 g/mol. The van der Waals surface area contributed by atoms with Gasteiger partial charge in [0.2, 0.25) is 5.88 Å². The summed E-state index contributed by atoms with van der Waals surface area (Å²) >= 11 is 0. The Morgan fingerprint density at radius 2 is 2.00 bits per heavy atom. The first kappa shape index (κ1) is 25.1. The lowest BCUT2D eigenvalue weighted by Gasteiger charge is -2.32. The van der Waals surface area contributed by atoms with Gasteiger partial charge in [0.25, 0.3) is 0 Å². The Balaban J connectivity index is 2.01. The van der Waals surface area contributed by atoms with Crippen molar-refractivity contribution in [3.05, 3.63) is 30.3 Å². The van der Waals surface area contributed by atoms with Crippen LogP contribution in [0, 0.1) is 0 Å². The van der Waals surface area contributed by atoms with Crippen LogP contribution in [0.3, 0.4) is 0 Å². The molecule has 2 aromatic rings. The zero-order valence-corrected chi connectivity index (χ0v) is 20.5. The number of methoxy groups -OCH3 is 1. The molecule has 0 aliphatic carbocycles. The molecule has 0 saturated carbocycles. The summed E-state index contributed by atoms with van der Waals surface area (Å²) in [5.74, 6) is 0.298. The Bertz CT molecular complexity index is 1110. The quantitative estimate of drug-likeness (QED) is 0.627. The molecule has 0 radical (unpaired) electrons. The molecule has 1 N–H and O–H groups in total. The topological polar surface area (TPSA) is 107 Å². The highest BCUT2D eigenvalue weighted by Gasteiger charge is 2.52. The fourth-order valence-corrected chi connectivity index (χ4v) is 3.95. The molecule has 34 heavy (non-hydrogen) atoms. The highest BCUT2D eigenvalue weighted by atomic mass is 16.6. The molecule has 2 atom stereocenters. The number of carboxylic acids is 1. The third kappa shape index (κ3) is 5.03. The molecule has 3 rings (SSSR count). The standard InChI is InChI=1S/C25H32N2O7/c1-8-15-10-17-18(11-19(15)31-7)26-21(32-9-2)12-20(17)33-16-13-25(6,22(28)29)27(14-16)23(30)34-24(3,4)5/h8,10-12,16H,1,9,13-14H2,2-7H3,(H,28,29)/t16-,25+/m1/s1. The molecule has 9 heteroatoms. The molecule has 1 aliphatic rings. The molecule has 1 aromatic heterocycles. The SMILES string of the molecule is C=Cc1cc2c(O[C@H]3CN(C(=O)OC(C)(C)C)[C@](C)(C(=O)O)C3)cc(OCC)nc2cc1OC. The van der Waals surface area contributed by atoms with E-state index in [-0.39, 0.29) is 13.0 Å². The van der Waals surface area contributed by atoms with E-state index >= 15 is 0 Å². The van der Waals surface area contributed by atoms with E-state index in [4.69, 9.17) is 18.9 Å². The van der Waals surface area contributed by atoms with Gasteiger partial charge in [-0.2, -0.15) is 0 Å². The third-order valence-corrected chi connectivity index (χ3v) is 5.59. The van der Waals surface area contributed by atoms with Crippen molar-refractivity contribution in [1.29, 1.82) is 0 Å². The van der Waals surface area contributed by atoms with Gasteiger partial charge in [-0.15, -0.1) is 0 Å². The number of fused-ring (bicyclic) bond motifs is 1. The van der Waals surface area contributed by atoms with Crippen molar-refractivity contribution in [1.82, 2.24) is 9.88 Å². The molecule has 1 amide bonds. The minimum absolute atomic E-state index is 0.0516. The van der Waals surface area contributed by atoms with Crippen LogP contribution in [-0.2, 0) is 9.53 Å². The zero-order chi connectivity index (χ0) is 25.3. The summed E-state index contributed by atoms with van der Waals surface area (Å²) in [4.78, 5) is 30.7. The number of carbonyl (C=O) groups is 2. The van der Waals surface area contributed by atoms with E-state index in [1.807, 2.05) is 13.0 Å². The van der Waals surface area contributed by atoms with Crippen LogP contribution in [0.5, 0.6) is 17.4 Å². The smallest absolute Gasteiger partial charge is 0.411 e. The molecule has 2 heterocycles. The van der Waals surface area contributed by atoms with E-state index in [1.54, 1.807) is 46.1 Å². The van der Waals surface area contributed by atoms with E-state index in [2.05, 4.69) is 11.6 Å². The van der Waals surface area contributed by atoms with Gasteiger partial charge >= 0.3 is 12.1 Å². The second-order valence-corrected chi connectivity index (χ2v) is 9.32. The van der Waals surface area contributed by atoms with E-state index in [0.717, 1.165) is 5.56 Å². The summed E-state index contributed by atoms with van der Waals surface area (Å²) in [5.41, 5.74) is -0.897. The van der Waals surface area contributed by atoms with E-state index in [1.165, 1.54) is 11.8 Å². The summed E-state index contributed by atoms with van der Waals surface area (Å²) in [5, 5.41) is 10.6. The van der Waals surface area contributed by atoms with Crippen LogP contribution < -0.4 is 14.2 Å². The number of hydrogen-bond donors (Lipinski definition) is 1. The average molecular weight is 473 g/mol. The number of carbonyl (C=O) groups excluding carboxylic acids is 1. The number of amides is 1. The molecular weight excluding hydrogens is 440 g/mol. The van der Waals surface area contributed by atoms with E-state index < -0.39 is 29.3 Å². The van der Waals surface area contributed by atoms with Crippen LogP contribution in [0.1, 0.15) is 46.6 Å². The van der Waals surface area contributed by atoms with Gasteiger partial charge in [-0.05, 0) is 40.7 Å².